The minimum Gasteiger partial charge on any atom is -0.480 e. The molecule has 17 heavy (non-hydrogen) atoms. The van der Waals surface area contributed by atoms with Crippen LogP contribution in [0, 0.1) is 0 Å². The molecule has 1 aromatic heterocycles. The van der Waals surface area contributed by atoms with E-state index in [1.165, 1.54) is 12.2 Å². The Morgan fingerprint density at radius 3 is 2.82 bits per heavy atom. The summed E-state index contributed by atoms with van der Waals surface area (Å²) in [6, 6.07) is -1.29. The first-order valence-electron chi connectivity index (χ1n) is 4.84. The number of nitrogens with one attached hydrogen (secondary N) is 1. The van der Waals surface area contributed by atoms with Crippen LogP contribution in [0.4, 0.5) is 0 Å². The van der Waals surface area contributed by atoms with Gasteiger partial charge in [0.05, 0.1) is 12.8 Å². The summed E-state index contributed by atoms with van der Waals surface area (Å²) in [7, 11) is 1.74. The average Bonchev–Trinajstić information content (AvgIpc) is 2.68. The third-order valence-corrected chi connectivity index (χ3v) is 1.95. The molecule has 1 rings (SSSR count). The van der Waals surface area contributed by atoms with E-state index in [0.717, 1.165) is 5.56 Å². The second-order valence-corrected chi connectivity index (χ2v) is 3.36. The quantitative estimate of drug-likeness (QED) is 0.571. The predicted molar refractivity (Wildman–Crippen MR) is 58.9 cm³/mol. The van der Waals surface area contributed by atoms with Crippen LogP contribution in [0.25, 0.3) is 6.08 Å². The Balaban J connectivity index is 2.54. The van der Waals surface area contributed by atoms with Crippen LogP contribution in [0.1, 0.15) is 5.56 Å². The van der Waals surface area contributed by atoms with Crippen LogP contribution in [0.5, 0.6) is 0 Å². The van der Waals surface area contributed by atoms with Crippen molar-refractivity contribution in [3.05, 3.63) is 24.0 Å². The second-order valence-electron chi connectivity index (χ2n) is 3.36. The van der Waals surface area contributed by atoms with Gasteiger partial charge in [-0.3, -0.25) is 9.48 Å². The normalized spacial score (nSPS) is 12.6. The highest BCUT2D eigenvalue weighted by atomic mass is 16.4. The van der Waals surface area contributed by atoms with Gasteiger partial charge in [-0.2, -0.15) is 5.10 Å². The zero-order chi connectivity index (χ0) is 12.8. The van der Waals surface area contributed by atoms with Gasteiger partial charge in [-0.1, -0.05) is 0 Å². The molecule has 1 aromatic rings. The van der Waals surface area contributed by atoms with Gasteiger partial charge in [-0.15, -0.1) is 0 Å². The van der Waals surface area contributed by atoms with Crippen molar-refractivity contribution >= 4 is 18.0 Å². The molecule has 0 bridgehead atoms. The van der Waals surface area contributed by atoms with Gasteiger partial charge in [0.2, 0.25) is 5.91 Å². The fourth-order valence-electron chi connectivity index (χ4n) is 1.10. The average molecular weight is 239 g/mol. The van der Waals surface area contributed by atoms with Gasteiger partial charge in [0, 0.05) is 24.9 Å². The van der Waals surface area contributed by atoms with Gasteiger partial charge < -0.3 is 15.5 Å². The lowest BCUT2D eigenvalue weighted by Gasteiger charge is -2.08. The molecule has 7 nitrogen and oxygen atoms in total. The van der Waals surface area contributed by atoms with Gasteiger partial charge in [0.1, 0.15) is 0 Å². The standard InChI is InChI=1S/C10H13N3O4/c1-13-5-7(4-11-13)2-3-9(15)12-8(6-14)10(16)17/h2-5,8,14H,6H2,1H3,(H,12,15)(H,16,17)/b3-2+/t8-/m1/s1. The predicted octanol–water partition coefficient (Wildman–Crippen LogP) is -1.00. The third-order valence-electron chi connectivity index (χ3n) is 1.95. The number of carboxylic acids is 1. The van der Waals surface area contributed by atoms with Crippen molar-refractivity contribution in [3.63, 3.8) is 0 Å². The molecule has 0 spiro atoms. The lowest BCUT2D eigenvalue weighted by atomic mass is 10.3. The lowest BCUT2D eigenvalue weighted by Crippen LogP contribution is -2.42. The molecule has 0 saturated heterocycles. The molecule has 92 valence electrons. The van der Waals surface area contributed by atoms with Crippen LogP contribution in [0.2, 0.25) is 0 Å². The maximum Gasteiger partial charge on any atom is 0.328 e. The number of hydrogen-bond acceptors (Lipinski definition) is 4. The number of rotatable bonds is 5. The van der Waals surface area contributed by atoms with E-state index >= 15 is 0 Å². The monoisotopic (exact) mass is 239 g/mol. The molecule has 0 radical (unpaired) electrons. The summed E-state index contributed by atoms with van der Waals surface area (Å²) in [6.45, 7) is -0.651. The van der Waals surface area contributed by atoms with Crippen molar-refractivity contribution in [2.24, 2.45) is 7.05 Å². The van der Waals surface area contributed by atoms with Crippen molar-refractivity contribution in [3.8, 4) is 0 Å². The van der Waals surface area contributed by atoms with Crippen molar-refractivity contribution in [2.45, 2.75) is 6.04 Å². The molecule has 0 fully saturated rings. The molecule has 0 aromatic carbocycles. The third kappa shape index (κ3) is 4.07. The van der Waals surface area contributed by atoms with Crippen LogP contribution >= 0.6 is 0 Å². The van der Waals surface area contributed by atoms with E-state index in [1.54, 1.807) is 24.1 Å². The van der Waals surface area contributed by atoms with Gasteiger partial charge in [0.15, 0.2) is 6.04 Å². The van der Waals surface area contributed by atoms with Crippen molar-refractivity contribution in [1.82, 2.24) is 15.1 Å². The number of nitrogens with zero attached hydrogens (tertiary/aromatic N) is 2. The number of aliphatic hydroxyl groups excluding tert-OH is 1. The number of aryl methyl sites for hydroxylation is 1. The van der Waals surface area contributed by atoms with Gasteiger partial charge in [-0.05, 0) is 6.08 Å². The van der Waals surface area contributed by atoms with Crippen LogP contribution in [-0.2, 0) is 16.6 Å². The van der Waals surface area contributed by atoms with E-state index in [4.69, 9.17) is 10.2 Å². The highest BCUT2D eigenvalue weighted by molar-refractivity contribution is 5.94. The molecule has 1 amide bonds. The summed E-state index contributed by atoms with van der Waals surface area (Å²) in [5, 5.41) is 23.3. The van der Waals surface area contributed by atoms with Crippen LogP contribution in [-0.4, -0.2) is 44.5 Å². The van der Waals surface area contributed by atoms with Crippen LogP contribution < -0.4 is 5.32 Å². The van der Waals surface area contributed by atoms with Crippen molar-refractivity contribution in [1.29, 1.82) is 0 Å². The van der Waals surface area contributed by atoms with E-state index in [2.05, 4.69) is 10.4 Å². The number of aliphatic hydroxyl groups is 1. The molecule has 0 aliphatic heterocycles. The Morgan fingerprint density at radius 2 is 2.35 bits per heavy atom. The number of amides is 1. The van der Waals surface area contributed by atoms with E-state index in [-0.39, 0.29) is 0 Å². The lowest BCUT2D eigenvalue weighted by molar-refractivity contribution is -0.142. The molecule has 0 aliphatic carbocycles. The molecule has 3 N–H and O–H groups in total. The number of carbonyl (C=O) groups excluding carboxylic acids is 1. The minimum atomic E-state index is -1.29. The first-order valence-corrected chi connectivity index (χ1v) is 4.84. The van der Waals surface area contributed by atoms with Gasteiger partial charge in [0.25, 0.3) is 0 Å². The Kier molecular flexibility index (Phi) is 4.41. The molecule has 1 heterocycles. The van der Waals surface area contributed by atoms with Crippen molar-refractivity contribution in [2.75, 3.05) is 6.61 Å². The summed E-state index contributed by atoms with van der Waals surface area (Å²) in [5.41, 5.74) is 0.721. The van der Waals surface area contributed by atoms with E-state index in [9.17, 15) is 9.59 Å². The Bertz CT molecular complexity index is 439. The Morgan fingerprint density at radius 1 is 1.65 bits per heavy atom. The van der Waals surface area contributed by atoms with E-state index in [1.807, 2.05) is 0 Å². The van der Waals surface area contributed by atoms with Crippen LogP contribution in [0.3, 0.4) is 0 Å². The first kappa shape index (κ1) is 12.9. The summed E-state index contributed by atoms with van der Waals surface area (Å²) in [6.07, 6.45) is 5.94. The zero-order valence-electron chi connectivity index (χ0n) is 9.20. The summed E-state index contributed by atoms with van der Waals surface area (Å²) >= 11 is 0. The molecule has 0 saturated carbocycles. The number of aliphatic carboxylic acids is 1. The smallest absolute Gasteiger partial charge is 0.328 e. The first-order chi connectivity index (χ1) is 8.02. The Labute approximate surface area is 97.4 Å². The highest BCUT2D eigenvalue weighted by Gasteiger charge is 2.16. The molecule has 0 aliphatic rings. The van der Waals surface area contributed by atoms with E-state index < -0.39 is 24.5 Å². The zero-order valence-corrected chi connectivity index (χ0v) is 9.20. The molecule has 1 atom stereocenters. The largest absolute Gasteiger partial charge is 0.480 e. The minimum absolute atomic E-state index is 0.588. The highest BCUT2D eigenvalue weighted by Crippen LogP contribution is 1.98. The summed E-state index contributed by atoms with van der Waals surface area (Å²) < 4.78 is 1.57. The van der Waals surface area contributed by atoms with Gasteiger partial charge >= 0.3 is 5.97 Å². The number of carbonyl (C=O) groups is 2. The maximum absolute atomic E-state index is 11.3. The number of aromatic nitrogens is 2. The van der Waals surface area contributed by atoms with Crippen LogP contribution in [0.15, 0.2) is 18.5 Å². The SMILES string of the molecule is Cn1cc(/C=C/C(=O)N[C@H](CO)C(=O)O)cn1. The molecule has 0 unspecified atom stereocenters. The molecule has 7 heteroatoms. The fourth-order valence-corrected chi connectivity index (χ4v) is 1.10. The Hall–Kier alpha value is -2.15. The van der Waals surface area contributed by atoms with E-state index in [0.29, 0.717) is 0 Å². The van der Waals surface area contributed by atoms with Crippen molar-refractivity contribution < 1.29 is 19.8 Å². The number of hydrogen-bond donors (Lipinski definition) is 3. The molecular weight excluding hydrogens is 226 g/mol. The summed E-state index contributed by atoms with van der Waals surface area (Å²) in [4.78, 5) is 21.8. The molecular formula is C10H13N3O4. The number of carboxylic acid groups (broad SMARTS) is 1. The topological polar surface area (TPSA) is 104 Å². The maximum atomic E-state index is 11.3. The summed E-state index contributed by atoms with van der Waals surface area (Å²) in [5.74, 6) is -1.87. The second kappa shape index (κ2) is 5.80. The van der Waals surface area contributed by atoms with Gasteiger partial charge in [-0.25, -0.2) is 4.79 Å². The fraction of sp³-hybridized carbons (Fsp3) is 0.300.